The summed E-state index contributed by atoms with van der Waals surface area (Å²) in [5.41, 5.74) is 3.16. The summed E-state index contributed by atoms with van der Waals surface area (Å²) in [7, 11) is 0. The van der Waals surface area contributed by atoms with Crippen LogP contribution < -0.4 is 10.6 Å². The number of benzene rings is 1. The molecule has 3 N–H and O–H groups in total. The molecule has 0 aliphatic carbocycles. The van der Waals surface area contributed by atoms with Crippen LogP contribution in [0.5, 0.6) is 0 Å². The average Bonchev–Trinajstić information content (AvgIpc) is 2.60. The van der Waals surface area contributed by atoms with E-state index >= 15 is 0 Å². The van der Waals surface area contributed by atoms with Gasteiger partial charge in [0.2, 0.25) is 0 Å². The van der Waals surface area contributed by atoms with Crippen molar-refractivity contribution in [1.82, 2.24) is 15.6 Å². The third kappa shape index (κ3) is 5.66. The summed E-state index contributed by atoms with van der Waals surface area (Å²) in [4.78, 5) is 16.3. The van der Waals surface area contributed by atoms with Crippen molar-refractivity contribution in [3.63, 3.8) is 0 Å². The van der Waals surface area contributed by atoms with Crippen LogP contribution in [0.2, 0.25) is 0 Å². The lowest BCUT2D eigenvalue weighted by molar-refractivity contribution is 0.212. The number of urea groups is 1. The van der Waals surface area contributed by atoms with Gasteiger partial charge in [-0.2, -0.15) is 0 Å². The van der Waals surface area contributed by atoms with Crippen molar-refractivity contribution in [3.05, 3.63) is 65.5 Å². The second kappa shape index (κ2) is 9.03. The summed E-state index contributed by atoms with van der Waals surface area (Å²) in [5.74, 6) is -0.0552. The van der Waals surface area contributed by atoms with Crippen molar-refractivity contribution >= 4 is 6.03 Å². The molecule has 2 rings (SSSR count). The quantitative estimate of drug-likeness (QED) is 0.732. The molecule has 24 heavy (non-hydrogen) atoms. The van der Waals surface area contributed by atoms with Crippen LogP contribution in [0, 0.1) is 12.8 Å². The van der Waals surface area contributed by atoms with Gasteiger partial charge in [0.25, 0.3) is 0 Å². The fourth-order valence-corrected chi connectivity index (χ4v) is 2.44. The van der Waals surface area contributed by atoms with E-state index in [9.17, 15) is 9.90 Å². The van der Waals surface area contributed by atoms with Crippen molar-refractivity contribution in [2.24, 2.45) is 5.92 Å². The standard InChI is InChI=1S/C19H25N3O2/c1-14-6-8-17(9-7-14)15(2)22-19(24)21-12-16(13-23)11-18-5-3-4-10-20-18/h3-10,15-16,23H,11-13H2,1-2H3,(H2,21,22,24). The van der Waals surface area contributed by atoms with Gasteiger partial charge in [-0.25, -0.2) is 4.79 Å². The SMILES string of the molecule is Cc1ccc(C(C)NC(=O)NCC(CO)Cc2ccccn2)cc1. The van der Waals surface area contributed by atoms with Crippen molar-refractivity contribution in [2.45, 2.75) is 26.3 Å². The Bertz CT molecular complexity index is 629. The van der Waals surface area contributed by atoms with Gasteiger partial charge in [0.1, 0.15) is 0 Å². The summed E-state index contributed by atoms with van der Waals surface area (Å²) < 4.78 is 0. The summed E-state index contributed by atoms with van der Waals surface area (Å²) in [6.45, 7) is 4.39. The van der Waals surface area contributed by atoms with Gasteiger partial charge < -0.3 is 15.7 Å². The van der Waals surface area contributed by atoms with Gasteiger partial charge in [-0.05, 0) is 38.0 Å². The van der Waals surface area contributed by atoms with Gasteiger partial charge in [-0.1, -0.05) is 35.9 Å². The predicted octanol–water partition coefficient (Wildman–Crippen LogP) is 2.60. The van der Waals surface area contributed by atoms with E-state index in [0.717, 1.165) is 11.3 Å². The largest absolute Gasteiger partial charge is 0.396 e. The first kappa shape index (κ1) is 17.9. The molecule has 5 heteroatoms. The van der Waals surface area contributed by atoms with Crippen LogP contribution in [0.1, 0.15) is 29.8 Å². The molecule has 1 aromatic heterocycles. The minimum atomic E-state index is -0.234. The molecule has 0 radical (unpaired) electrons. The number of hydrogen-bond donors (Lipinski definition) is 3. The number of amides is 2. The molecule has 2 atom stereocenters. The maximum absolute atomic E-state index is 12.0. The number of rotatable bonds is 7. The Hall–Kier alpha value is -2.40. The lowest BCUT2D eigenvalue weighted by Crippen LogP contribution is -2.40. The van der Waals surface area contributed by atoms with Crippen molar-refractivity contribution < 1.29 is 9.90 Å². The third-order valence-electron chi connectivity index (χ3n) is 3.96. The van der Waals surface area contributed by atoms with E-state index in [2.05, 4.69) is 15.6 Å². The molecule has 0 saturated heterocycles. The number of hydrogen-bond acceptors (Lipinski definition) is 3. The van der Waals surface area contributed by atoms with Crippen LogP contribution in [0.15, 0.2) is 48.7 Å². The van der Waals surface area contributed by atoms with E-state index in [1.165, 1.54) is 5.56 Å². The number of nitrogens with zero attached hydrogens (tertiary/aromatic N) is 1. The van der Waals surface area contributed by atoms with Gasteiger partial charge in [0.05, 0.1) is 6.04 Å². The average molecular weight is 327 g/mol. The molecule has 2 aromatic rings. The Kier molecular flexibility index (Phi) is 6.75. The number of carbonyl (C=O) groups excluding carboxylic acids is 1. The fraction of sp³-hybridized carbons (Fsp3) is 0.368. The molecule has 1 aromatic carbocycles. The zero-order valence-corrected chi connectivity index (χ0v) is 14.2. The molecular weight excluding hydrogens is 302 g/mol. The highest BCUT2D eigenvalue weighted by molar-refractivity contribution is 5.74. The van der Waals surface area contributed by atoms with Gasteiger partial charge in [0.15, 0.2) is 0 Å². The highest BCUT2D eigenvalue weighted by atomic mass is 16.3. The number of aryl methyl sites for hydroxylation is 1. The Morgan fingerprint density at radius 1 is 1.21 bits per heavy atom. The number of aliphatic hydroxyl groups excluding tert-OH is 1. The third-order valence-corrected chi connectivity index (χ3v) is 3.96. The number of carbonyl (C=O) groups is 1. The molecule has 5 nitrogen and oxygen atoms in total. The smallest absolute Gasteiger partial charge is 0.315 e. The molecular formula is C19H25N3O2. The molecule has 128 valence electrons. The van der Waals surface area contributed by atoms with E-state index in [-0.39, 0.29) is 24.6 Å². The minimum Gasteiger partial charge on any atom is -0.396 e. The molecule has 0 bridgehead atoms. The predicted molar refractivity (Wildman–Crippen MR) is 94.6 cm³/mol. The highest BCUT2D eigenvalue weighted by Gasteiger charge is 2.13. The summed E-state index contributed by atoms with van der Waals surface area (Å²) >= 11 is 0. The molecule has 0 aliphatic heterocycles. The maximum Gasteiger partial charge on any atom is 0.315 e. The van der Waals surface area contributed by atoms with E-state index < -0.39 is 0 Å². The Morgan fingerprint density at radius 2 is 1.96 bits per heavy atom. The Morgan fingerprint density at radius 3 is 2.58 bits per heavy atom. The van der Waals surface area contributed by atoms with Crippen LogP contribution in [0.3, 0.4) is 0 Å². The van der Waals surface area contributed by atoms with E-state index in [4.69, 9.17) is 0 Å². The van der Waals surface area contributed by atoms with Crippen LogP contribution in [-0.4, -0.2) is 29.3 Å². The first-order chi connectivity index (χ1) is 11.6. The fourth-order valence-electron chi connectivity index (χ4n) is 2.44. The van der Waals surface area contributed by atoms with Gasteiger partial charge >= 0.3 is 6.03 Å². The first-order valence-electron chi connectivity index (χ1n) is 8.20. The van der Waals surface area contributed by atoms with Crippen molar-refractivity contribution in [1.29, 1.82) is 0 Å². The number of aliphatic hydroxyl groups is 1. The molecule has 2 unspecified atom stereocenters. The van der Waals surface area contributed by atoms with Crippen LogP contribution in [0.4, 0.5) is 4.79 Å². The monoisotopic (exact) mass is 327 g/mol. The zero-order valence-electron chi connectivity index (χ0n) is 14.2. The van der Waals surface area contributed by atoms with Gasteiger partial charge in [-0.15, -0.1) is 0 Å². The second-order valence-corrected chi connectivity index (χ2v) is 6.06. The second-order valence-electron chi connectivity index (χ2n) is 6.06. The molecule has 1 heterocycles. The molecule has 0 saturated carbocycles. The van der Waals surface area contributed by atoms with E-state index in [1.54, 1.807) is 6.20 Å². The van der Waals surface area contributed by atoms with Gasteiger partial charge in [0, 0.05) is 31.0 Å². The molecule has 0 aliphatic rings. The number of aromatic nitrogens is 1. The molecule has 0 fully saturated rings. The highest BCUT2D eigenvalue weighted by Crippen LogP contribution is 2.12. The minimum absolute atomic E-state index is 0.00434. The maximum atomic E-state index is 12.0. The van der Waals surface area contributed by atoms with E-state index in [0.29, 0.717) is 13.0 Å². The first-order valence-corrected chi connectivity index (χ1v) is 8.20. The van der Waals surface area contributed by atoms with Crippen LogP contribution in [-0.2, 0) is 6.42 Å². The molecule has 0 spiro atoms. The van der Waals surface area contributed by atoms with Crippen LogP contribution in [0.25, 0.3) is 0 Å². The van der Waals surface area contributed by atoms with E-state index in [1.807, 2.05) is 56.3 Å². The number of nitrogens with one attached hydrogen (secondary N) is 2. The summed E-state index contributed by atoms with van der Waals surface area (Å²) in [5, 5.41) is 15.2. The van der Waals surface area contributed by atoms with Crippen molar-refractivity contribution in [2.75, 3.05) is 13.2 Å². The zero-order chi connectivity index (χ0) is 17.4. The van der Waals surface area contributed by atoms with Crippen molar-refractivity contribution in [3.8, 4) is 0 Å². The van der Waals surface area contributed by atoms with Gasteiger partial charge in [-0.3, -0.25) is 4.98 Å². The lowest BCUT2D eigenvalue weighted by atomic mass is 10.0. The summed E-state index contributed by atoms with van der Waals surface area (Å²) in [6, 6.07) is 13.5. The normalized spacial score (nSPS) is 13.1. The lowest BCUT2D eigenvalue weighted by Gasteiger charge is -2.18. The van der Waals surface area contributed by atoms with Crippen LogP contribution >= 0.6 is 0 Å². The molecule has 2 amide bonds. The Labute approximate surface area is 143 Å². The Balaban J connectivity index is 1.79. The number of pyridine rings is 1. The topological polar surface area (TPSA) is 74.2 Å². The summed E-state index contributed by atoms with van der Waals surface area (Å²) in [6.07, 6.45) is 2.36.